The van der Waals surface area contributed by atoms with Gasteiger partial charge >= 0.3 is 12.2 Å². The van der Waals surface area contributed by atoms with Crippen molar-refractivity contribution in [3.63, 3.8) is 0 Å². The third kappa shape index (κ3) is 4.05. The van der Waals surface area contributed by atoms with Gasteiger partial charge in [0.25, 0.3) is 0 Å². The van der Waals surface area contributed by atoms with Crippen molar-refractivity contribution >= 4 is 17.5 Å². The second-order valence-electron chi connectivity index (χ2n) is 5.61. The topological polar surface area (TPSA) is 59.9 Å². The van der Waals surface area contributed by atoms with Crippen LogP contribution in [0.2, 0.25) is 5.02 Å². The maximum absolute atomic E-state index is 12.3. The maximum Gasteiger partial charge on any atom is 0.422 e. The lowest BCUT2D eigenvalue weighted by molar-refractivity contribution is -0.154. The Labute approximate surface area is 141 Å². The number of alkyl halides is 3. The third-order valence-corrected chi connectivity index (χ3v) is 3.84. The minimum Gasteiger partial charge on any atom is -0.454 e. The highest BCUT2D eigenvalue weighted by atomic mass is 35.5. The summed E-state index contributed by atoms with van der Waals surface area (Å²) < 4.78 is 41.4. The van der Waals surface area contributed by atoms with Gasteiger partial charge in [-0.3, -0.25) is 0 Å². The normalized spacial score (nSPS) is 15.9. The third-order valence-electron chi connectivity index (χ3n) is 3.59. The standard InChI is InChI=1S/C15H14ClF3N4O/c1-9-20-12(22-13(21-9)24-8-15(17,18)19)23-14(6-7-14)10-2-4-11(16)5-3-10/h2-5H,6-8H2,1H3,(H,20,21,22,23). The monoisotopic (exact) mass is 358 g/mol. The van der Waals surface area contributed by atoms with E-state index in [1.165, 1.54) is 0 Å². The van der Waals surface area contributed by atoms with Gasteiger partial charge < -0.3 is 10.1 Å². The average molecular weight is 359 g/mol. The summed E-state index contributed by atoms with van der Waals surface area (Å²) in [7, 11) is 0. The minimum atomic E-state index is -4.45. The molecule has 128 valence electrons. The van der Waals surface area contributed by atoms with E-state index in [1.54, 1.807) is 19.1 Å². The molecule has 1 saturated carbocycles. The molecule has 3 rings (SSSR count). The zero-order valence-electron chi connectivity index (χ0n) is 12.7. The molecule has 1 fully saturated rings. The van der Waals surface area contributed by atoms with E-state index in [1.807, 2.05) is 12.1 Å². The zero-order valence-corrected chi connectivity index (χ0v) is 13.4. The second-order valence-corrected chi connectivity index (χ2v) is 6.04. The molecule has 0 unspecified atom stereocenters. The summed E-state index contributed by atoms with van der Waals surface area (Å²) in [6.07, 6.45) is -2.73. The molecule has 24 heavy (non-hydrogen) atoms. The Hall–Kier alpha value is -2.09. The van der Waals surface area contributed by atoms with E-state index >= 15 is 0 Å². The maximum atomic E-state index is 12.3. The van der Waals surface area contributed by atoms with Crippen molar-refractivity contribution in [1.29, 1.82) is 0 Å². The van der Waals surface area contributed by atoms with Crippen LogP contribution in [0.3, 0.4) is 0 Å². The number of halogens is 4. The van der Waals surface area contributed by atoms with E-state index in [4.69, 9.17) is 11.6 Å². The Bertz CT molecular complexity index is 732. The van der Waals surface area contributed by atoms with Crippen LogP contribution < -0.4 is 10.1 Å². The fourth-order valence-corrected chi connectivity index (χ4v) is 2.44. The van der Waals surface area contributed by atoms with Crippen LogP contribution in [0.5, 0.6) is 6.01 Å². The van der Waals surface area contributed by atoms with Gasteiger partial charge in [0.1, 0.15) is 5.82 Å². The molecular formula is C15H14ClF3N4O. The Balaban J connectivity index is 1.77. The highest BCUT2D eigenvalue weighted by molar-refractivity contribution is 6.30. The van der Waals surface area contributed by atoms with Crippen molar-refractivity contribution in [2.45, 2.75) is 31.5 Å². The fraction of sp³-hybridized carbons (Fsp3) is 0.400. The van der Waals surface area contributed by atoms with Crippen LogP contribution in [0.25, 0.3) is 0 Å². The second kappa shape index (κ2) is 6.08. The molecule has 0 saturated heterocycles. The lowest BCUT2D eigenvalue weighted by Gasteiger charge is -2.18. The van der Waals surface area contributed by atoms with Crippen molar-refractivity contribution < 1.29 is 17.9 Å². The quantitative estimate of drug-likeness (QED) is 0.879. The van der Waals surface area contributed by atoms with Crippen molar-refractivity contribution in [2.75, 3.05) is 11.9 Å². The number of rotatable bonds is 5. The number of hydrogen-bond acceptors (Lipinski definition) is 5. The van der Waals surface area contributed by atoms with Gasteiger partial charge in [-0.1, -0.05) is 23.7 Å². The zero-order chi connectivity index (χ0) is 17.4. The fourth-order valence-electron chi connectivity index (χ4n) is 2.32. The largest absolute Gasteiger partial charge is 0.454 e. The molecule has 1 aliphatic carbocycles. The van der Waals surface area contributed by atoms with E-state index in [0.29, 0.717) is 5.02 Å². The van der Waals surface area contributed by atoms with Gasteiger partial charge in [0.15, 0.2) is 6.61 Å². The summed E-state index contributed by atoms with van der Waals surface area (Å²) in [5, 5.41) is 3.81. The predicted molar refractivity (Wildman–Crippen MR) is 82.1 cm³/mol. The average Bonchev–Trinajstić information content (AvgIpc) is 3.25. The molecule has 0 atom stereocenters. The van der Waals surface area contributed by atoms with Crippen molar-refractivity contribution in [1.82, 2.24) is 15.0 Å². The number of anilines is 1. The first kappa shape index (κ1) is 16.8. The molecule has 2 aromatic rings. The lowest BCUT2D eigenvalue weighted by atomic mass is 10.1. The van der Waals surface area contributed by atoms with E-state index < -0.39 is 12.8 Å². The molecule has 0 aliphatic heterocycles. The van der Waals surface area contributed by atoms with Gasteiger partial charge in [-0.2, -0.15) is 28.1 Å². The molecule has 1 heterocycles. The van der Waals surface area contributed by atoms with E-state index in [9.17, 15) is 13.2 Å². The summed E-state index contributed by atoms with van der Waals surface area (Å²) >= 11 is 5.89. The predicted octanol–water partition coefficient (Wildman–Crippen LogP) is 3.88. The van der Waals surface area contributed by atoms with Crippen LogP contribution in [0.1, 0.15) is 24.2 Å². The summed E-state index contributed by atoms with van der Waals surface area (Å²) in [6, 6.07) is 7.02. The smallest absolute Gasteiger partial charge is 0.422 e. The van der Waals surface area contributed by atoms with Gasteiger partial charge in [-0.15, -0.1) is 0 Å². The van der Waals surface area contributed by atoms with Gasteiger partial charge in [0, 0.05) is 5.02 Å². The molecule has 0 spiro atoms. The molecular weight excluding hydrogens is 345 g/mol. The molecule has 1 aliphatic rings. The first-order valence-corrected chi connectivity index (χ1v) is 7.60. The molecule has 1 aromatic heterocycles. The molecule has 0 amide bonds. The summed E-state index contributed by atoms with van der Waals surface area (Å²) in [6.45, 7) is 0.118. The van der Waals surface area contributed by atoms with Crippen LogP contribution in [-0.2, 0) is 5.54 Å². The number of aromatic nitrogens is 3. The Kier molecular flexibility index (Phi) is 4.25. The molecule has 0 radical (unpaired) electrons. The summed E-state index contributed by atoms with van der Waals surface area (Å²) in [5.41, 5.74) is 0.683. The van der Waals surface area contributed by atoms with Gasteiger partial charge in [0.2, 0.25) is 5.95 Å². The molecule has 1 aromatic carbocycles. The van der Waals surface area contributed by atoms with Gasteiger partial charge in [0.05, 0.1) is 5.54 Å². The first-order valence-electron chi connectivity index (χ1n) is 7.22. The van der Waals surface area contributed by atoms with Crippen molar-refractivity contribution in [3.05, 3.63) is 40.7 Å². The SMILES string of the molecule is Cc1nc(NC2(c3ccc(Cl)cc3)CC2)nc(OCC(F)(F)F)n1. The first-order chi connectivity index (χ1) is 11.3. The van der Waals surface area contributed by atoms with E-state index in [-0.39, 0.29) is 23.3 Å². The number of ether oxygens (including phenoxy) is 1. The number of nitrogens with zero attached hydrogens (tertiary/aromatic N) is 3. The number of benzene rings is 1. The van der Waals surface area contributed by atoms with Crippen molar-refractivity contribution in [3.8, 4) is 6.01 Å². The van der Waals surface area contributed by atoms with E-state index in [2.05, 4.69) is 25.0 Å². The summed E-state index contributed by atoms with van der Waals surface area (Å²) in [5.74, 6) is 0.462. The lowest BCUT2D eigenvalue weighted by Crippen LogP contribution is -2.23. The number of nitrogens with one attached hydrogen (secondary N) is 1. The molecule has 9 heteroatoms. The van der Waals surface area contributed by atoms with Crippen LogP contribution in [0.15, 0.2) is 24.3 Å². The number of aryl methyl sites for hydroxylation is 1. The molecule has 1 N–H and O–H groups in total. The van der Waals surface area contributed by atoms with E-state index in [0.717, 1.165) is 18.4 Å². The van der Waals surface area contributed by atoms with Gasteiger partial charge in [-0.25, -0.2) is 0 Å². The Morgan fingerprint density at radius 2 is 1.83 bits per heavy atom. The molecule has 5 nitrogen and oxygen atoms in total. The molecule has 0 bridgehead atoms. The van der Waals surface area contributed by atoms with Gasteiger partial charge in [-0.05, 0) is 37.5 Å². The number of hydrogen-bond donors (Lipinski definition) is 1. The van der Waals surface area contributed by atoms with Crippen LogP contribution >= 0.6 is 11.6 Å². The summed E-state index contributed by atoms with van der Waals surface area (Å²) in [4.78, 5) is 11.8. The Morgan fingerprint density at radius 1 is 1.17 bits per heavy atom. The van der Waals surface area contributed by atoms with Crippen LogP contribution in [0, 0.1) is 6.92 Å². The highest BCUT2D eigenvalue weighted by Gasteiger charge is 2.45. The van der Waals surface area contributed by atoms with Crippen LogP contribution in [0.4, 0.5) is 19.1 Å². The Morgan fingerprint density at radius 3 is 2.42 bits per heavy atom. The van der Waals surface area contributed by atoms with Crippen LogP contribution in [-0.4, -0.2) is 27.7 Å². The highest BCUT2D eigenvalue weighted by Crippen LogP contribution is 2.48. The van der Waals surface area contributed by atoms with Crippen molar-refractivity contribution in [2.24, 2.45) is 0 Å². The minimum absolute atomic E-state index is 0.187.